The molecule has 2 saturated heterocycles. The van der Waals surface area contributed by atoms with E-state index in [1.54, 1.807) is 33.8 Å². The standard InChI is InChI=1S/C19H25N3O4/c1-2-26-19(25)21-13-11-20(12-14-21)18(24)15-6-8-16(9-7-15)22-10-4-3-5-17(22)23/h6-9H,2-5,10-14H2,1H3. The van der Waals surface area contributed by atoms with Gasteiger partial charge in [-0.25, -0.2) is 4.79 Å². The molecule has 1 aromatic carbocycles. The number of hydrogen-bond donors (Lipinski definition) is 0. The van der Waals surface area contributed by atoms with E-state index in [0.717, 1.165) is 25.1 Å². The summed E-state index contributed by atoms with van der Waals surface area (Å²) >= 11 is 0. The van der Waals surface area contributed by atoms with Gasteiger partial charge in [0.05, 0.1) is 6.61 Å². The Morgan fingerprint density at radius 3 is 2.23 bits per heavy atom. The lowest BCUT2D eigenvalue weighted by atomic mass is 10.1. The van der Waals surface area contributed by atoms with Gasteiger partial charge in [0.2, 0.25) is 5.91 Å². The molecule has 0 atom stereocenters. The van der Waals surface area contributed by atoms with Gasteiger partial charge in [-0.05, 0) is 44.0 Å². The Hall–Kier alpha value is -2.57. The van der Waals surface area contributed by atoms with Crippen LogP contribution in [0.2, 0.25) is 0 Å². The SMILES string of the molecule is CCOC(=O)N1CCN(C(=O)c2ccc(N3CCCCC3=O)cc2)CC1. The van der Waals surface area contributed by atoms with Crippen molar-refractivity contribution in [3.05, 3.63) is 29.8 Å². The molecule has 2 aliphatic rings. The van der Waals surface area contributed by atoms with Crippen molar-refractivity contribution >= 4 is 23.6 Å². The molecule has 0 bridgehead atoms. The fourth-order valence-electron chi connectivity index (χ4n) is 3.35. The smallest absolute Gasteiger partial charge is 0.409 e. The second-order valence-corrected chi connectivity index (χ2v) is 6.53. The van der Waals surface area contributed by atoms with Crippen molar-refractivity contribution in [1.29, 1.82) is 0 Å². The van der Waals surface area contributed by atoms with E-state index in [9.17, 15) is 14.4 Å². The Morgan fingerprint density at radius 1 is 0.962 bits per heavy atom. The van der Waals surface area contributed by atoms with Crippen LogP contribution in [0.1, 0.15) is 36.5 Å². The Morgan fingerprint density at radius 2 is 1.62 bits per heavy atom. The highest BCUT2D eigenvalue weighted by molar-refractivity contribution is 5.97. The number of anilines is 1. The Bertz CT molecular complexity index is 666. The minimum absolute atomic E-state index is 0.0509. The quantitative estimate of drug-likeness (QED) is 0.829. The minimum atomic E-state index is -0.324. The Balaban J connectivity index is 1.59. The maximum atomic E-state index is 12.7. The molecule has 0 saturated carbocycles. The lowest BCUT2D eigenvalue weighted by molar-refractivity contribution is -0.119. The summed E-state index contributed by atoms with van der Waals surface area (Å²) in [7, 11) is 0. The average Bonchev–Trinajstić information content (AvgIpc) is 2.68. The van der Waals surface area contributed by atoms with E-state index >= 15 is 0 Å². The van der Waals surface area contributed by atoms with Crippen molar-refractivity contribution in [3.8, 4) is 0 Å². The molecule has 0 aliphatic carbocycles. The number of carbonyl (C=O) groups excluding carboxylic acids is 3. The molecule has 0 radical (unpaired) electrons. The van der Waals surface area contributed by atoms with Gasteiger partial charge in [-0.1, -0.05) is 0 Å². The number of hydrogen-bond acceptors (Lipinski definition) is 4. The topological polar surface area (TPSA) is 70.2 Å². The number of nitrogens with zero attached hydrogens (tertiary/aromatic N) is 3. The summed E-state index contributed by atoms with van der Waals surface area (Å²) in [5.41, 5.74) is 1.45. The maximum Gasteiger partial charge on any atom is 0.409 e. The van der Waals surface area contributed by atoms with Crippen LogP contribution in [0.4, 0.5) is 10.5 Å². The molecular formula is C19H25N3O4. The van der Waals surface area contributed by atoms with Gasteiger partial charge in [0, 0.05) is 50.4 Å². The largest absolute Gasteiger partial charge is 0.450 e. The van der Waals surface area contributed by atoms with Crippen molar-refractivity contribution in [1.82, 2.24) is 9.80 Å². The summed E-state index contributed by atoms with van der Waals surface area (Å²) in [6, 6.07) is 7.23. The minimum Gasteiger partial charge on any atom is -0.450 e. The highest BCUT2D eigenvalue weighted by atomic mass is 16.6. The molecule has 2 aliphatic heterocycles. The third kappa shape index (κ3) is 3.98. The van der Waals surface area contributed by atoms with Gasteiger partial charge in [-0.15, -0.1) is 0 Å². The van der Waals surface area contributed by atoms with Gasteiger partial charge < -0.3 is 19.4 Å². The van der Waals surface area contributed by atoms with E-state index in [2.05, 4.69) is 0 Å². The molecule has 0 aromatic heterocycles. The fourth-order valence-corrected chi connectivity index (χ4v) is 3.35. The van der Waals surface area contributed by atoms with Gasteiger partial charge in [0.25, 0.3) is 5.91 Å². The van der Waals surface area contributed by atoms with Crippen LogP contribution in [0.5, 0.6) is 0 Å². The molecule has 0 spiro atoms. The van der Waals surface area contributed by atoms with E-state index in [0.29, 0.717) is 44.8 Å². The zero-order valence-corrected chi connectivity index (χ0v) is 15.1. The highest BCUT2D eigenvalue weighted by Gasteiger charge is 2.26. The van der Waals surface area contributed by atoms with E-state index in [-0.39, 0.29) is 17.9 Å². The van der Waals surface area contributed by atoms with Crippen LogP contribution in [0.15, 0.2) is 24.3 Å². The number of amides is 3. The third-order valence-corrected chi connectivity index (χ3v) is 4.84. The number of piperidine rings is 1. The summed E-state index contributed by atoms with van der Waals surface area (Å²) in [6.07, 6.45) is 2.22. The number of benzene rings is 1. The lowest BCUT2D eigenvalue weighted by Crippen LogP contribution is -2.50. The average molecular weight is 359 g/mol. The first kappa shape index (κ1) is 18.2. The zero-order chi connectivity index (χ0) is 18.5. The van der Waals surface area contributed by atoms with Gasteiger partial charge >= 0.3 is 6.09 Å². The van der Waals surface area contributed by atoms with Crippen molar-refractivity contribution < 1.29 is 19.1 Å². The van der Waals surface area contributed by atoms with Crippen LogP contribution in [0, 0.1) is 0 Å². The van der Waals surface area contributed by atoms with E-state index in [1.165, 1.54) is 0 Å². The van der Waals surface area contributed by atoms with E-state index < -0.39 is 0 Å². The van der Waals surface area contributed by atoms with Gasteiger partial charge in [0.15, 0.2) is 0 Å². The molecule has 7 heteroatoms. The van der Waals surface area contributed by atoms with Crippen LogP contribution < -0.4 is 4.90 Å². The molecule has 2 fully saturated rings. The molecular weight excluding hydrogens is 334 g/mol. The van der Waals surface area contributed by atoms with Crippen LogP contribution in [-0.2, 0) is 9.53 Å². The zero-order valence-electron chi connectivity index (χ0n) is 15.1. The summed E-state index contributed by atoms with van der Waals surface area (Å²) in [5.74, 6) is 0.0930. The molecule has 0 unspecified atom stereocenters. The van der Waals surface area contributed by atoms with E-state index in [1.807, 2.05) is 12.1 Å². The molecule has 140 valence electrons. The number of piperazine rings is 1. The Labute approximate surface area is 153 Å². The first-order valence-electron chi connectivity index (χ1n) is 9.21. The number of ether oxygens (including phenoxy) is 1. The maximum absolute atomic E-state index is 12.7. The molecule has 7 nitrogen and oxygen atoms in total. The molecule has 0 N–H and O–H groups in total. The van der Waals surface area contributed by atoms with E-state index in [4.69, 9.17) is 4.74 Å². The normalized spacial score (nSPS) is 18.0. The third-order valence-electron chi connectivity index (χ3n) is 4.84. The lowest BCUT2D eigenvalue weighted by Gasteiger charge is -2.34. The van der Waals surface area contributed by atoms with Crippen molar-refractivity contribution in [2.24, 2.45) is 0 Å². The predicted molar refractivity (Wildman–Crippen MR) is 97.1 cm³/mol. The summed E-state index contributed by atoms with van der Waals surface area (Å²) in [6.45, 7) is 4.80. The van der Waals surface area contributed by atoms with Crippen molar-refractivity contribution in [2.75, 3.05) is 44.2 Å². The van der Waals surface area contributed by atoms with Crippen LogP contribution in [0.25, 0.3) is 0 Å². The number of carbonyl (C=O) groups is 3. The molecule has 3 amide bonds. The van der Waals surface area contributed by atoms with Crippen LogP contribution in [-0.4, -0.2) is 67.0 Å². The highest BCUT2D eigenvalue weighted by Crippen LogP contribution is 2.22. The van der Waals surface area contributed by atoms with Gasteiger partial charge in [-0.2, -0.15) is 0 Å². The second kappa shape index (κ2) is 8.21. The second-order valence-electron chi connectivity index (χ2n) is 6.53. The molecule has 1 aromatic rings. The van der Waals surface area contributed by atoms with Crippen LogP contribution in [0.3, 0.4) is 0 Å². The first-order chi connectivity index (χ1) is 12.6. The van der Waals surface area contributed by atoms with Gasteiger partial charge in [0.1, 0.15) is 0 Å². The Kier molecular flexibility index (Phi) is 5.75. The summed E-state index contributed by atoms with van der Waals surface area (Å²) < 4.78 is 4.99. The van der Waals surface area contributed by atoms with Gasteiger partial charge in [-0.3, -0.25) is 9.59 Å². The molecule has 26 heavy (non-hydrogen) atoms. The first-order valence-corrected chi connectivity index (χ1v) is 9.21. The molecule has 2 heterocycles. The van der Waals surface area contributed by atoms with Crippen molar-refractivity contribution in [2.45, 2.75) is 26.2 Å². The monoisotopic (exact) mass is 359 g/mol. The van der Waals surface area contributed by atoms with Crippen molar-refractivity contribution in [3.63, 3.8) is 0 Å². The molecule has 3 rings (SSSR count). The summed E-state index contributed by atoms with van der Waals surface area (Å²) in [4.78, 5) is 41.6. The fraction of sp³-hybridized carbons (Fsp3) is 0.526. The summed E-state index contributed by atoms with van der Waals surface area (Å²) in [5, 5.41) is 0. The number of rotatable bonds is 3. The predicted octanol–water partition coefficient (Wildman–Crippen LogP) is 2.12. The van der Waals surface area contributed by atoms with Crippen LogP contribution >= 0.6 is 0 Å².